The van der Waals surface area contributed by atoms with E-state index in [9.17, 15) is 9.59 Å². The van der Waals surface area contributed by atoms with E-state index in [1.54, 1.807) is 0 Å². The van der Waals surface area contributed by atoms with Gasteiger partial charge in [-0.3, -0.25) is 9.59 Å². The van der Waals surface area contributed by atoms with Gasteiger partial charge < -0.3 is 15.4 Å². The van der Waals surface area contributed by atoms with Crippen LogP contribution in [0.1, 0.15) is 33.3 Å². The lowest BCUT2D eigenvalue weighted by molar-refractivity contribution is -0.153. The van der Waals surface area contributed by atoms with E-state index in [4.69, 9.17) is 5.11 Å². The number of rotatable bonds is 5. The Morgan fingerprint density at radius 2 is 1.94 bits per heavy atom. The van der Waals surface area contributed by atoms with Crippen molar-refractivity contribution in [3.63, 3.8) is 0 Å². The summed E-state index contributed by atoms with van der Waals surface area (Å²) in [4.78, 5) is 25.7. The molecule has 0 saturated carbocycles. The van der Waals surface area contributed by atoms with Gasteiger partial charge in [0.25, 0.3) is 0 Å². The first kappa shape index (κ1) is 14.3. The number of hydrogen-bond donors (Lipinski definition) is 3. The van der Waals surface area contributed by atoms with Crippen molar-refractivity contribution in [1.29, 1.82) is 0 Å². The second kappa shape index (κ2) is 4.84. The lowest BCUT2D eigenvalue weighted by Gasteiger charge is -2.26. The van der Waals surface area contributed by atoms with Gasteiger partial charge in [-0.05, 0) is 25.5 Å². The lowest BCUT2D eigenvalue weighted by atomic mass is 9.85. The molecule has 0 aliphatic rings. The molecule has 1 rings (SSSR count). The highest BCUT2D eigenvalue weighted by molar-refractivity contribution is 6.00. The largest absolute Gasteiger partial charge is 0.480 e. The molecular weight excluding hydrogens is 232 g/mol. The van der Waals surface area contributed by atoms with Gasteiger partial charge >= 0.3 is 5.97 Å². The maximum Gasteiger partial charge on any atom is 0.318 e. The highest BCUT2D eigenvalue weighted by atomic mass is 16.4. The summed E-state index contributed by atoms with van der Waals surface area (Å²) in [6.07, 6.45) is 3.69. The standard InChI is InChI=1S/C13H20N2O3/c1-12(2,9-5-6-14-7-9)8-15-10(16)13(3,4)11(17)18/h5-7,14H,8H2,1-4H3,(H,15,16)(H,17,18). The van der Waals surface area contributed by atoms with Crippen molar-refractivity contribution < 1.29 is 14.7 Å². The Kier molecular flexibility index (Phi) is 3.84. The van der Waals surface area contributed by atoms with Crippen molar-refractivity contribution in [3.8, 4) is 0 Å². The molecule has 5 nitrogen and oxygen atoms in total. The number of hydrogen-bond acceptors (Lipinski definition) is 2. The van der Waals surface area contributed by atoms with Gasteiger partial charge in [-0.1, -0.05) is 13.8 Å². The molecule has 5 heteroatoms. The van der Waals surface area contributed by atoms with E-state index in [1.165, 1.54) is 13.8 Å². The minimum Gasteiger partial charge on any atom is -0.480 e. The predicted octanol–water partition coefficient (Wildman–Crippen LogP) is 1.52. The van der Waals surface area contributed by atoms with Crippen LogP contribution in [-0.4, -0.2) is 28.5 Å². The topological polar surface area (TPSA) is 82.2 Å². The summed E-state index contributed by atoms with van der Waals surface area (Å²) in [7, 11) is 0. The molecule has 1 aromatic heterocycles. The zero-order chi connectivity index (χ0) is 14.0. The molecule has 1 aromatic rings. The third-order valence-corrected chi connectivity index (χ3v) is 3.17. The quantitative estimate of drug-likeness (QED) is 0.695. The number of carboxylic acid groups (broad SMARTS) is 1. The van der Waals surface area contributed by atoms with Crippen LogP contribution in [0.2, 0.25) is 0 Å². The number of aromatic amines is 1. The Labute approximate surface area is 107 Å². The number of carboxylic acids is 1. The van der Waals surface area contributed by atoms with Gasteiger partial charge in [-0.25, -0.2) is 0 Å². The van der Waals surface area contributed by atoms with Gasteiger partial charge in [0, 0.05) is 24.4 Å². The van der Waals surface area contributed by atoms with Crippen LogP contribution in [0, 0.1) is 5.41 Å². The van der Waals surface area contributed by atoms with E-state index in [1.807, 2.05) is 32.3 Å². The maximum absolute atomic E-state index is 11.8. The first-order valence-electron chi connectivity index (χ1n) is 5.83. The molecule has 0 spiro atoms. The average Bonchev–Trinajstić information content (AvgIpc) is 2.79. The molecule has 1 heterocycles. The number of nitrogens with one attached hydrogen (secondary N) is 2. The van der Waals surface area contributed by atoms with Gasteiger partial charge in [-0.15, -0.1) is 0 Å². The van der Waals surface area contributed by atoms with E-state index in [0.717, 1.165) is 5.56 Å². The average molecular weight is 252 g/mol. The van der Waals surface area contributed by atoms with Gasteiger partial charge in [0.1, 0.15) is 5.41 Å². The fourth-order valence-electron chi connectivity index (χ4n) is 1.47. The van der Waals surface area contributed by atoms with Crippen LogP contribution < -0.4 is 5.32 Å². The molecule has 0 aromatic carbocycles. The van der Waals surface area contributed by atoms with Crippen molar-refractivity contribution in [2.75, 3.05) is 6.54 Å². The van der Waals surface area contributed by atoms with Crippen LogP contribution >= 0.6 is 0 Å². The zero-order valence-electron chi connectivity index (χ0n) is 11.2. The highest BCUT2D eigenvalue weighted by Crippen LogP contribution is 2.22. The Morgan fingerprint density at radius 3 is 2.39 bits per heavy atom. The van der Waals surface area contributed by atoms with Gasteiger partial charge in [0.2, 0.25) is 5.91 Å². The fourth-order valence-corrected chi connectivity index (χ4v) is 1.47. The van der Waals surface area contributed by atoms with E-state index < -0.39 is 17.3 Å². The van der Waals surface area contributed by atoms with Crippen LogP contribution in [-0.2, 0) is 15.0 Å². The number of carbonyl (C=O) groups excluding carboxylic acids is 1. The molecule has 18 heavy (non-hydrogen) atoms. The van der Waals surface area contributed by atoms with Crippen molar-refractivity contribution in [2.45, 2.75) is 33.1 Å². The number of H-pyrrole nitrogens is 1. The summed E-state index contributed by atoms with van der Waals surface area (Å²) in [6, 6.07) is 1.94. The normalized spacial score (nSPS) is 12.2. The molecule has 1 amide bonds. The summed E-state index contributed by atoms with van der Waals surface area (Å²) >= 11 is 0. The van der Waals surface area contributed by atoms with Crippen LogP contribution in [0.3, 0.4) is 0 Å². The predicted molar refractivity (Wildman–Crippen MR) is 68.2 cm³/mol. The second-order valence-corrected chi connectivity index (χ2v) is 5.60. The molecule has 0 radical (unpaired) electrons. The first-order chi connectivity index (χ1) is 8.18. The highest BCUT2D eigenvalue weighted by Gasteiger charge is 2.36. The zero-order valence-corrected chi connectivity index (χ0v) is 11.2. The summed E-state index contributed by atoms with van der Waals surface area (Å²) < 4.78 is 0. The van der Waals surface area contributed by atoms with E-state index >= 15 is 0 Å². The first-order valence-corrected chi connectivity index (χ1v) is 5.83. The molecule has 0 fully saturated rings. The van der Waals surface area contributed by atoms with E-state index in [2.05, 4.69) is 10.3 Å². The van der Waals surface area contributed by atoms with E-state index in [0.29, 0.717) is 6.54 Å². The number of carbonyl (C=O) groups is 2. The molecule has 0 bridgehead atoms. The summed E-state index contributed by atoms with van der Waals surface area (Å²) in [5.41, 5.74) is -0.589. The van der Waals surface area contributed by atoms with Crippen molar-refractivity contribution in [2.24, 2.45) is 5.41 Å². The summed E-state index contributed by atoms with van der Waals surface area (Å²) in [5.74, 6) is -1.60. The molecule has 100 valence electrons. The lowest BCUT2D eigenvalue weighted by Crippen LogP contribution is -2.46. The number of amides is 1. The van der Waals surface area contributed by atoms with Crippen LogP contribution in [0.5, 0.6) is 0 Å². The van der Waals surface area contributed by atoms with Crippen LogP contribution in [0.4, 0.5) is 0 Å². The monoisotopic (exact) mass is 252 g/mol. The molecule has 0 aliphatic carbocycles. The molecule has 0 aliphatic heterocycles. The third kappa shape index (κ3) is 2.91. The third-order valence-electron chi connectivity index (χ3n) is 3.17. The van der Waals surface area contributed by atoms with Crippen molar-refractivity contribution in [1.82, 2.24) is 10.3 Å². The van der Waals surface area contributed by atoms with Crippen LogP contribution in [0.15, 0.2) is 18.5 Å². The van der Waals surface area contributed by atoms with Gasteiger partial charge in [0.05, 0.1) is 0 Å². The number of aliphatic carboxylic acids is 1. The molecule has 0 unspecified atom stereocenters. The van der Waals surface area contributed by atoms with Gasteiger partial charge in [-0.2, -0.15) is 0 Å². The Bertz CT molecular complexity index is 433. The minimum absolute atomic E-state index is 0.246. The Morgan fingerprint density at radius 1 is 1.33 bits per heavy atom. The summed E-state index contributed by atoms with van der Waals surface area (Å²) in [6.45, 7) is 7.16. The molecule has 0 saturated heterocycles. The summed E-state index contributed by atoms with van der Waals surface area (Å²) in [5, 5.41) is 11.7. The fraction of sp³-hybridized carbons (Fsp3) is 0.538. The van der Waals surface area contributed by atoms with Crippen molar-refractivity contribution >= 4 is 11.9 Å². The van der Waals surface area contributed by atoms with Crippen LogP contribution in [0.25, 0.3) is 0 Å². The Balaban J connectivity index is 2.66. The Hall–Kier alpha value is -1.78. The number of aromatic nitrogens is 1. The minimum atomic E-state index is -1.41. The second-order valence-electron chi connectivity index (χ2n) is 5.60. The molecule has 3 N–H and O–H groups in total. The smallest absolute Gasteiger partial charge is 0.318 e. The SMILES string of the molecule is CC(C)(C(=O)O)C(=O)NCC(C)(C)c1cc[nH]c1. The molecule has 0 atom stereocenters. The maximum atomic E-state index is 11.8. The molecular formula is C13H20N2O3. The van der Waals surface area contributed by atoms with Gasteiger partial charge in [0.15, 0.2) is 0 Å². The van der Waals surface area contributed by atoms with Crippen molar-refractivity contribution in [3.05, 3.63) is 24.0 Å². The van der Waals surface area contributed by atoms with E-state index in [-0.39, 0.29) is 5.41 Å².